The number of sulfonamides is 1. The maximum absolute atomic E-state index is 11.5. The van der Waals surface area contributed by atoms with Crippen molar-refractivity contribution in [3.05, 3.63) is 71.3 Å². The number of phenols is 1. The molecule has 0 bridgehead atoms. The Morgan fingerprint density at radius 2 is 1.69 bits per heavy atom. The van der Waals surface area contributed by atoms with E-state index in [1.165, 1.54) is 18.2 Å². The molecule has 0 saturated carbocycles. The molecule has 2 atom stereocenters. The van der Waals surface area contributed by atoms with Crippen LogP contribution in [0.5, 0.6) is 17.2 Å². The highest BCUT2D eigenvalue weighted by molar-refractivity contribution is 7.92. The molecule has 0 aliphatic carbocycles. The van der Waals surface area contributed by atoms with Gasteiger partial charge in [0.1, 0.15) is 23.9 Å². The number of benzene rings is 3. The highest BCUT2D eigenvalue weighted by atomic mass is 32.2. The van der Waals surface area contributed by atoms with Crippen molar-refractivity contribution in [1.82, 2.24) is 5.32 Å². The third-order valence-electron chi connectivity index (χ3n) is 5.94. The summed E-state index contributed by atoms with van der Waals surface area (Å²) in [7, 11) is -3.59. The molecule has 0 fully saturated rings. The number of aliphatic hydroxyl groups excluding tert-OH is 1. The molecular formula is C28H34N2O8S. The van der Waals surface area contributed by atoms with Crippen LogP contribution >= 0.6 is 0 Å². The highest BCUT2D eigenvalue weighted by Gasteiger charge is 2.18. The fraction of sp³-hybridized carbons (Fsp3) is 0.321. The zero-order valence-electron chi connectivity index (χ0n) is 22.3. The largest absolute Gasteiger partial charge is 0.506 e. The second-order valence-electron chi connectivity index (χ2n) is 9.34. The monoisotopic (exact) mass is 558 g/mol. The van der Waals surface area contributed by atoms with Gasteiger partial charge in [0, 0.05) is 12.6 Å². The molecular weight excluding hydrogens is 524 g/mol. The lowest BCUT2D eigenvalue weighted by Crippen LogP contribution is -2.35. The van der Waals surface area contributed by atoms with E-state index in [4.69, 9.17) is 14.6 Å². The molecule has 11 heteroatoms. The van der Waals surface area contributed by atoms with E-state index in [2.05, 4.69) is 10.0 Å². The number of ether oxygens (including phenoxy) is 2. The minimum absolute atomic E-state index is 0.00139. The number of aliphatic carboxylic acids is 1. The second-order valence-corrected chi connectivity index (χ2v) is 11.1. The van der Waals surface area contributed by atoms with Crippen molar-refractivity contribution in [3.8, 4) is 28.4 Å². The Balaban J connectivity index is 1.59. The van der Waals surface area contributed by atoms with Crippen molar-refractivity contribution in [2.45, 2.75) is 32.9 Å². The topological polar surface area (TPSA) is 154 Å². The zero-order chi connectivity index (χ0) is 28.7. The van der Waals surface area contributed by atoms with Crippen molar-refractivity contribution < 1.29 is 38.0 Å². The van der Waals surface area contributed by atoms with E-state index >= 15 is 0 Å². The minimum Gasteiger partial charge on any atom is -0.506 e. The van der Waals surface area contributed by atoms with Crippen LogP contribution < -0.4 is 19.5 Å². The lowest BCUT2D eigenvalue weighted by atomic mass is 9.99. The highest BCUT2D eigenvalue weighted by Crippen LogP contribution is 2.32. The number of hydrogen-bond acceptors (Lipinski definition) is 8. The van der Waals surface area contributed by atoms with Crippen LogP contribution in [0.2, 0.25) is 0 Å². The van der Waals surface area contributed by atoms with Gasteiger partial charge in [-0.05, 0) is 85.0 Å². The van der Waals surface area contributed by atoms with Crippen molar-refractivity contribution in [3.63, 3.8) is 0 Å². The number of carboxylic acid groups (broad SMARTS) is 1. The van der Waals surface area contributed by atoms with Crippen LogP contribution in [0.4, 0.5) is 5.69 Å². The Labute approximate surface area is 228 Å². The second kappa shape index (κ2) is 12.8. The SMILES string of the molecule is Cc1cc(-c2cccc(OCC(=O)O)c2)cc(C)c1OCCN[C@@H](C)[C@@H](O)c1ccc(O)c(NS(C)(=O)=O)c1. The summed E-state index contributed by atoms with van der Waals surface area (Å²) < 4.78 is 36.6. The predicted octanol–water partition coefficient (Wildman–Crippen LogP) is 3.60. The number of aliphatic hydroxyl groups is 1. The number of anilines is 1. The fourth-order valence-electron chi connectivity index (χ4n) is 4.11. The summed E-state index contributed by atoms with van der Waals surface area (Å²) in [6.45, 7) is 6.06. The maximum atomic E-state index is 11.5. The van der Waals surface area contributed by atoms with Gasteiger partial charge >= 0.3 is 5.97 Å². The molecule has 0 amide bonds. The molecule has 3 aromatic rings. The molecule has 0 aliphatic heterocycles. The number of carbonyl (C=O) groups is 1. The molecule has 0 heterocycles. The Morgan fingerprint density at radius 3 is 2.33 bits per heavy atom. The third kappa shape index (κ3) is 8.60. The maximum Gasteiger partial charge on any atom is 0.341 e. The number of phenolic OH excluding ortho intramolecular Hbond substituents is 1. The Hall–Kier alpha value is -3.80. The summed E-state index contributed by atoms with van der Waals surface area (Å²) in [5.41, 5.74) is 4.16. The van der Waals surface area contributed by atoms with Gasteiger partial charge in [-0.25, -0.2) is 13.2 Å². The van der Waals surface area contributed by atoms with Gasteiger partial charge in [0.2, 0.25) is 10.0 Å². The van der Waals surface area contributed by atoms with Gasteiger partial charge < -0.3 is 30.1 Å². The molecule has 0 radical (unpaired) electrons. The van der Waals surface area contributed by atoms with Crippen LogP contribution in [-0.4, -0.2) is 61.8 Å². The van der Waals surface area contributed by atoms with Crippen LogP contribution in [0.25, 0.3) is 11.1 Å². The summed E-state index contributed by atoms with van der Waals surface area (Å²) in [5.74, 6) is -0.0464. The Morgan fingerprint density at radius 1 is 1.00 bits per heavy atom. The van der Waals surface area contributed by atoms with Crippen LogP contribution in [0.3, 0.4) is 0 Å². The summed E-state index contributed by atoms with van der Waals surface area (Å²) >= 11 is 0. The summed E-state index contributed by atoms with van der Waals surface area (Å²) in [5, 5.41) is 32.7. The number of nitrogens with one attached hydrogen (secondary N) is 2. The first kappa shape index (κ1) is 29.8. The van der Waals surface area contributed by atoms with Crippen molar-refractivity contribution in [1.29, 1.82) is 0 Å². The van der Waals surface area contributed by atoms with Crippen LogP contribution in [0, 0.1) is 13.8 Å². The van der Waals surface area contributed by atoms with Gasteiger partial charge in [0.15, 0.2) is 6.61 Å². The van der Waals surface area contributed by atoms with E-state index in [-0.39, 0.29) is 17.5 Å². The molecule has 210 valence electrons. The summed E-state index contributed by atoms with van der Waals surface area (Å²) in [4.78, 5) is 10.8. The van der Waals surface area contributed by atoms with Crippen LogP contribution in [-0.2, 0) is 14.8 Å². The van der Waals surface area contributed by atoms with E-state index in [1.807, 2.05) is 38.1 Å². The molecule has 3 aromatic carbocycles. The minimum atomic E-state index is -3.59. The van der Waals surface area contributed by atoms with E-state index in [0.717, 1.165) is 34.3 Å². The quantitative estimate of drug-likeness (QED) is 0.156. The number of hydrogen-bond donors (Lipinski definition) is 5. The molecule has 5 N–H and O–H groups in total. The molecule has 0 spiro atoms. The van der Waals surface area contributed by atoms with Gasteiger partial charge in [-0.2, -0.15) is 0 Å². The predicted molar refractivity (Wildman–Crippen MR) is 149 cm³/mol. The van der Waals surface area contributed by atoms with Gasteiger partial charge in [-0.15, -0.1) is 0 Å². The number of rotatable bonds is 13. The first-order valence-electron chi connectivity index (χ1n) is 12.3. The normalized spacial score (nSPS) is 12.9. The van der Waals surface area contributed by atoms with Gasteiger partial charge in [0.05, 0.1) is 18.0 Å². The number of aromatic hydroxyl groups is 1. The molecule has 0 unspecified atom stereocenters. The standard InChI is InChI=1S/C28H34N2O8S/c1-17-12-22(20-6-5-7-23(14-20)38-16-26(32)33)13-18(2)28(17)37-11-10-29-19(3)27(34)21-8-9-25(31)24(15-21)30-39(4,35)36/h5-9,12-15,19,27,29-31,34H,10-11,16H2,1-4H3,(H,32,33)/t19-,27+/m0/s1. The van der Waals surface area contributed by atoms with Gasteiger partial charge in [-0.3, -0.25) is 4.72 Å². The lowest BCUT2D eigenvalue weighted by molar-refractivity contribution is -0.139. The summed E-state index contributed by atoms with van der Waals surface area (Å²) in [6.07, 6.45) is 0.0255. The average Bonchev–Trinajstić information content (AvgIpc) is 2.86. The van der Waals surface area contributed by atoms with Crippen LogP contribution in [0.15, 0.2) is 54.6 Å². The van der Waals surface area contributed by atoms with Gasteiger partial charge in [0.25, 0.3) is 0 Å². The third-order valence-corrected chi connectivity index (χ3v) is 6.53. The average molecular weight is 559 g/mol. The first-order chi connectivity index (χ1) is 18.3. The van der Waals surface area contributed by atoms with E-state index in [0.29, 0.717) is 24.5 Å². The van der Waals surface area contributed by atoms with E-state index in [1.54, 1.807) is 19.1 Å². The van der Waals surface area contributed by atoms with E-state index in [9.17, 15) is 23.4 Å². The number of aryl methyl sites for hydroxylation is 2. The molecule has 0 aliphatic rings. The Bertz CT molecular complexity index is 1400. The molecule has 0 aromatic heterocycles. The lowest BCUT2D eigenvalue weighted by Gasteiger charge is -2.22. The molecule has 0 saturated heterocycles. The van der Waals surface area contributed by atoms with Crippen LogP contribution in [0.1, 0.15) is 29.7 Å². The number of carboxylic acids is 1. The Kier molecular flexibility index (Phi) is 9.79. The zero-order valence-corrected chi connectivity index (χ0v) is 23.1. The molecule has 10 nitrogen and oxygen atoms in total. The van der Waals surface area contributed by atoms with Crippen molar-refractivity contribution in [2.24, 2.45) is 0 Å². The van der Waals surface area contributed by atoms with Crippen molar-refractivity contribution in [2.75, 3.05) is 30.7 Å². The molecule has 39 heavy (non-hydrogen) atoms. The fourth-order valence-corrected chi connectivity index (χ4v) is 4.68. The van der Waals surface area contributed by atoms with Gasteiger partial charge in [-0.1, -0.05) is 18.2 Å². The summed E-state index contributed by atoms with van der Waals surface area (Å²) in [6, 6.07) is 15.1. The van der Waals surface area contributed by atoms with E-state index < -0.39 is 28.7 Å². The van der Waals surface area contributed by atoms with Crippen molar-refractivity contribution >= 4 is 21.7 Å². The molecule has 3 rings (SSSR count). The first-order valence-corrected chi connectivity index (χ1v) is 14.1. The smallest absolute Gasteiger partial charge is 0.341 e.